The molecule has 1 aromatic heterocycles. The zero-order valence-electron chi connectivity index (χ0n) is 15.7. The molecule has 0 aliphatic rings. The number of aromatic nitrogens is 3. The molecule has 0 saturated carbocycles. The molecular weight excluding hydrogens is 383 g/mol. The molecule has 8 heteroatoms. The Bertz CT molecular complexity index is 1090. The Kier molecular flexibility index (Phi) is 5.65. The molecule has 3 rings (SSSR count). The van der Waals surface area contributed by atoms with Gasteiger partial charge in [0.1, 0.15) is 5.82 Å². The third kappa shape index (κ3) is 4.14. The average Bonchev–Trinajstić information content (AvgIpc) is 3.04. The standard InChI is InChI=1S/C20H20ClFN4O2/c1-11(2)19(27)23-10-13-5-7-15(21)17(8-13)26-20(28)24-18(25-26)14-6-4-12(3)16(22)9-14/h4-9,11H,10H2,1-3H3,(H,23,27)(H,24,25,28). The summed E-state index contributed by atoms with van der Waals surface area (Å²) < 4.78 is 15.0. The second kappa shape index (κ2) is 7.98. The first-order chi connectivity index (χ1) is 13.3. The molecule has 6 nitrogen and oxygen atoms in total. The summed E-state index contributed by atoms with van der Waals surface area (Å²) in [7, 11) is 0. The van der Waals surface area contributed by atoms with Crippen molar-refractivity contribution in [2.75, 3.05) is 0 Å². The van der Waals surface area contributed by atoms with Gasteiger partial charge in [0.15, 0.2) is 5.82 Å². The molecule has 1 amide bonds. The van der Waals surface area contributed by atoms with E-state index in [1.165, 1.54) is 6.07 Å². The van der Waals surface area contributed by atoms with Crippen LogP contribution in [-0.2, 0) is 11.3 Å². The SMILES string of the molecule is Cc1ccc(-c2nn(-c3cc(CNC(=O)C(C)C)ccc3Cl)c(=O)[nH]2)cc1F. The Balaban J connectivity index is 1.94. The van der Waals surface area contributed by atoms with Gasteiger partial charge in [0, 0.05) is 18.0 Å². The quantitative estimate of drug-likeness (QED) is 0.684. The summed E-state index contributed by atoms with van der Waals surface area (Å²) in [6.45, 7) is 5.57. The predicted molar refractivity (Wildman–Crippen MR) is 106 cm³/mol. The van der Waals surface area contributed by atoms with Gasteiger partial charge in [-0.1, -0.05) is 43.6 Å². The fraction of sp³-hybridized carbons (Fsp3) is 0.250. The van der Waals surface area contributed by atoms with Crippen LogP contribution in [0.3, 0.4) is 0 Å². The minimum Gasteiger partial charge on any atom is -0.352 e. The van der Waals surface area contributed by atoms with E-state index in [4.69, 9.17) is 11.6 Å². The Morgan fingerprint density at radius 2 is 2.04 bits per heavy atom. The lowest BCUT2D eigenvalue weighted by Gasteiger charge is -2.10. The van der Waals surface area contributed by atoms with Crippen molar-refractivity contribution in [1.29, 1.82) is 0 Å². The number of carbonyl (C=O) groups is 1. The van der Waals surface area contributed by atoms with Crippen molar-refractivity contribution in [2.45, 2.75) is 27.3 Å². The number of nitrogens with zero attached hydrogens (tertiary/aromatic N) is 2. The van der Waals surface area contributed by atoms with Crippen molar-refractivity contribution in [3.63, 3.8) is 0 Å². The highest BCUT2D eigenvalue weighted by molar-refractivity contribution is 6.32. The van der Waals surface area contributed by atoms with E-state index in [2.05, 4.69) is 15.4 Å². The Morgan fingerprint density at radius 3 is 2.71 bits per heavy atom. The van der Waals surface area contributed by atoms with Crippen LogP contribution in [-0.4, -0.2) is 20.7 Å². The van der Waals surface area contributed by atoms with Gasteiger partial charge >= 0.3 is 5.69 Å². The fourth-order valence-electron chi connectivity index (χ4n) is 2.58. The molecule has 0 aliphatic carbocycles. The summed E-state index contributed by atoms with van der Waals surface area (Å²) in [5, 5.41) is 7.40. The summed E-state index contributed by atoms with van der Waals surface area (Å²) in [4.78, 5) is 26.8. The highest BCUT2D eigenvalue weighted by Gasteiger charge is 2.14. The van der Waals surface area contributed by atoms with Crippen LogP contribution < -0.4 is 11.0 Å². The first-order valence-corrected chi connectivity index (χ1v) is 9.16. The number of H-pyrrole nitrogens is 1. The van der Waals surface area contributed by atoms with E-state index in [1.54, 1.807) is 51.1 Å². The normalized spacial score (nSPS) is 11.1. The lowest BCUT2D eigenvalue weighted by Crippen LogP contribution is -2.27. The molecule has 0 aliphatic heterocycles. The van der Waals surface area contributed by atoms with Crippen molar-refractivity contribution in [3.05, 3.63) is 68.8 Å². The van der Waals surface area contributed by atoms with Crippen molar-refractivity contribution in [3.8, 4) is 17.1 Å². The number of carbonyl (C=O) groups excluding carboxylic acids is 1. The van der Waals surface area contributed by atoms with Crippen LogP contribution in [0.1, 0.15) is 25.0 Å². The van der Waals surface area contributed by atoms with E-state index >= 15 is 0 Å². The van der Waals surface area contributed by atoms with E-state index in [1.807, 2.05) is 0 Å². The van der Waals surface area contributed by atoms with Crippen LogP contribution in [0, 0.1) is 18.7 Å². The molecule has 0 atom stereocenters. The molecule has 146 valence electrons. The summed E-state index contributed by atoms with van der Waals surface area (Å²) >= 11 is 6.26. The van der Waals surface area contributed by atoms with Crippen LogP contribution in [0.15, 0.2) is 41.2 Å². The topological polar surface area (TPSA) is 79.8 Å². The van der Waals surface area contributed by atoms with Crippen molar-refractivity contribution >= 4 is 17.5 Å². The molecule has 2 N–H and O–H groups in total. The molecule has 28 heavy (non-hydrogen) atoms. The first-order valence-electron chi connectivity index (χ1n) is 8.78. The van der Waals surface area contributed by atoms with E-state index < -0.39 is 5.69 Å². The maximum absolute atomic E-state index is 13.8. The summed E-state index contributed by atoms with van der Waals surface area (Å²) in [5.74, 6) is -0.345. The Labute approximate surface area is 166 Å². The number of hydrogen-bond donors (Lipinski definition) is 2. The zero-order valence-corrected chi connectivity index (χ0v) is 16.5. The molecule has 0 saturated heterocycles. The zero-order chi connectivity index (χ0) is 20.4. The summed E-state index contributed by atoms with van der Waals surface area (Å²) in [6, 6.07) is 9.70. The third-order valence-corrected chi connectivity index (χ3v) is 4.61. The molecule has 0 radical (unpaired) electrons. The van der Waals surface area contributed by atoms with Crippen LogP contribution in [0.5, 0.6) is 0 Å². The summed E-state index contributed by atoms with van der Waals surface area (Å²) in [6.07, 6.45) is 0. The fourth-order valence-corrected chi connectivity index (χ4v) is 2.78. The minimum absolute atomic E-state index is 0.0721. The van der Waals surface area contributed by atoms with Gasteiger partial charge in [-0.25, -0.2) is 9.18 Å². The number of aryl methyl sites for hydroxylation is 1. The maximum atomic E-state index is 13.8. The third-order valence-electron chi connectivity index (χ3n) is 4.29. The van der Waals surface area contributed by atoms with Crippen LogP contribution in [0.4, 0.5) is 4.39 Å². The maximum Gasteiger partial charge on any atom is 0.348 e. The molecule has 1 heterocycles. The lowest BCUT2D eigenvalue weighted by molar-refractivity contribution is -0.124. The number of amides is 1. The predicted octanol–water partition coefficient (Wildman–Crippen LogP) is 3.60. The van der Waals surface area contributed by atoms with Crippen LogP contribution >= 0.6 is 11.6 Å². The van der Waals surface area contributed by atoms with Gasteiger partial charge in [-0.05, 0) is 36.2 Å². The van der Waals surface area contributed by atoms with E-state index in [0.717, 1.165) is 10.2 Å². The number of rotatable bonds is 5. The number of aromatic amines is 1. The van der Waals surface area contributed by atoms with E-state index in [9.17, 15) is 14.0 Å². The molecule has 2 aromatic carbocycles. The second-order valence-corrected chi connectivity index (χ2v) is 7.22. The molecule has 0 unspecified atom stereocenters. The summed E-state index contributed by atoms with van der Waals surface area (Å²) in [5.41, 5.74) is 1.60. The molecule has 0 bridgehead atoms. The average molecular weight is 403 g/mol. The second-order valence-electron chi connectivity index (χ2n) is 6.81. The Hall–Kier alpha value is -2.93. The van der Waals surface area contributed by atoms with Crippen molar-refractivity contribution in [2.24, 2.45) is 5.92 Å². The molecule has 0 fully saturated rings. The highest BCUT2D eigenvalue weighted by atomic mass is 35.5. The van der Waals surface area contributed by atoms with Gasteiger partial charge in [0.2, 0.25) is 5.91 Å². The molecular formula is C20H20ClFN4O2. The number of benzene rings is 2. The van der Waals surface area contributed by atoms with Crippen LogP contribution in [0.25, 0.3) is 17.1 Å². The smallest absolute Gasteiger partial charge is 0.348 e. The van der Waals surface area contributed by atoms with Gasteiger partial charge in [-0.3, -0.25) is 9.78 Å². The largest absolute Gasteiger partial charge is 0.352 e. The lowest BCUT2D eigenvalue weighted by atomic mass is 10.1. The number of halogens is 2. The van der Waals surface area contributed by atoms with Crippen molar-refractivity contribution < 1.29 is 9.18 Å². The molecule has 0 spiro atoms. The van der Waals surface area contributed by atoms with Gasteiger partial charge in [-0.15, -0.1) is 5.10 Å². The monoisotopic (exact) mass is 402 g/mol. The highest BCUT2D eigenvalue weighted by Crippen LogP contribution is 2.22. The number of hydrogen-bond acceptors (Lipinski definition) is 3. The van der Waals surface area contributed by atoms with Gasteiger partial charge in [0.25, 0.3) is 0 Å². The minimum atomic E-state index is -0.499. The van der Waals surface area contributed by atoms with E-state index in [0.29, 0.717) is 28.4 Å². The Morgan fingerprint density at radius 1 is 1.29 bits per heavy atom. The van der Waals surface area contributed by atoms with E-state index in [-0.39, 0.29) is 23.5 Å². The van der Waals surface area contributed by atoms with Gasteiger partial charge < -0.3 is 5.32 Å². The van der Waals surface area contributed by atoms with Gasteiger partial charge in [0.05, 0.1) is 10.7 Å². The van der Waals surface area contributed by atoms with Gasteiger partial charge in [-0.2, -0.15) is 4.68 Å². The first kappa shape index (κ1) is 19.8. The molecule has 3 aromatic rings. The van der Waals surface area contributed by atoms with Crippen molar-refractivity contribution in [1.82, 2.24) is 20.1 Å². The van der Waals surface area contributed by atoms with Crippen LogP contribution in [0.2, 0.25) is 5.02 Å². The number of nitrogens with one attached hydrogen (secondary N) is 2.